The van der Waals surface area contributed by atoms with Crippen molar-refractivity contribution in [3.63, 3.8) is 0 Å². The van der Waals surface area contributed by atoms with Crippen molar-refractivity contribution in [3.05, 3.63) is 84.6 Å². The molecule has 2 aromatic carbocycles. The van der Waals surface area contributed by atoms with Crippen molar-refractivity contribution < 1.29 is 9.59 Å². The van der Waals surface area contributed by atoms with Crippen molar-refractivity contribution in [3.8, 4) is 11.1 Å². The molecule has 0 aliphatic rings. The van der Waals surface area contributed by atoms with E-state index in [1.165, 1.54) is 0 Å². The number of pyridine rings is 1. The van der Waals surface area contributed by atoms with Crippen molar-refractivity contribution >= 4 is 17.6 Å². The first-order valence-electron chi connectivity index (χ1n) is 8.32. The van der Waals surface area contributed by atoms with Crippen LogP contribution in [0.4, 0.5) is 5.82 Å². The van der Waals surface area contributed by atoms with Gasteiger partial charge in [0.15, 0.2) is 0 Å². The molecule has 5 nitrogen and oxygen atoms in total. The molecule has 0 atom stereocenters. The molecule has 0 fully saturated rings. The van der Waals surface area contributed by atoms with E-state index in [1.807, 2.05) is 66.7 Å². The van der Waals surface area contributed by atoms with Gasteiger partial charge in [-0.2, -0.15) is 0 Å². The fourth-order valence-electron chi connectivity index (χ4n) is 2.48. The molecule has 0 aliphatic carbocycles. The highest BCUT2D eigenvalue weighted by atomic mass is 16.2. The maximum Gasteiger partial charge on any atom is 0.244 e. The topological polar surface area (TPSA) is 71.1 Å². The van der Waals surface area contributed by atoms with Crippen LogP contribution in [0.3, 0.4) is 0 Å². The van der Waals surface area contributed by atoms with E-state index < -0.39 is 0 Å². The van der Waals surface area contributed by atoms with Gasteiger partial charge in [0.1, 0.15) is 5.82 Å². The number of carbonyl (C=O) groups is 2. The van der Waals surface area contributed by atoms with Gasteiger partial charge in [0, 0.05) is 11.8 Å². The third kappa shape index (κ3) is 5.01. The molecule has 0 bridgehead atoms. The lowest BCUT2D eigenvalue weighted by Crippen LogP contribution is -2.33. The van der Waals surface area contributed by atoms with Crippen LogP contribution < -0.4 is 10.6 Å². The average Bonchev–Trinajstić information content (AvgIpc) is 2.68. The van der Waals surface area contributed by atoms with Gasteiger partial charge in [0.2, 0.25) is 11.8 Å². The molecule has 0 saturated heterocycles. The Labute approximate surface area is 152 Å². The first-order valence-corrected chi connectivity index (χ1v) is 8.32. The summed E-state index contributed by atoms with van der Waals surface area (Å²) in [5, 5.41) is 5.28. The van der Waals surface area contributed by atoms with Gasteiger partial charge in [0.25, 0.3) is 0 Å². The largest absolute Gasteiger partial charge is 0.347 e. The normalized spacial score (nSPS) is 10.2. The van der Waals surface area contributed by atoms with E-state index in [1.54, 1.807) is 12.3 Å². The second kappa shape index (κ2) is 8.58. The molecule has 0 unspecified atom stereocenters. The van der Waals surface area contributed by atoms with Gasteiger partial charge in [0.05, 0.1) is 13.0 Å². The van der Waals surface area contributed by atoms with E-state index in [2.05, 4.69) is 15.6 Å². The van der Waals surface area contributed by atoms with E-state index in [9.17, 15) is 9.59 Å². The number of nitrogens with one attached hydrogen (secondary N) is 2. The number of aromatic nitrogens is 1. The number of hydrogen-bond acceptors (Lipinski definition) is 3. The van der Waals surface area contributed by atoms with Crippen molar-refractivity contribution in [1.29, 1.82) is 0 Å². The van der Waals surface area contributed by atoms with Gasteiger partial charge >= 0.3 is 0 Å². The zero-order valence-corrected chi connectivity index (χ0v) is 14.2. The van der Waals surface area contributed by atoms with Gasteiger partial charge < -0.3 is 10.6 Å². The minimum atomic E-state index is -0.314. The van der Waals surface area contributed by atoms with Gasteiger partial charge in [-0.25, -0.2) is 4.98 Å². The molecule has 0 spiro atoms. The summed E-state index contributed by atoms with van der Waals surface area (Å²) in [4.78, 5) is 28.1. The third-order valence-corrected chi connectivity index (χ3v) is 3.79. The van der Waals surface area contributed by atoms with E-state index >= 15 is 0 Å². The van der Waals surface area contributed by atoms with Crippen LogP contribution >= 0.6 is 0 Å². The molecule has 0 radical (unpaired) electrons. The van der Waals surface area contributed by atoms with E-state index in [0.29, 0.717) is 5.82 Å². The molecule has 1 heterocycles. The highest BCUT2D eigenvalue weighted by Gasteiger charge is 2.07. The minimum Gasteiger partial charge on any atom is -0.347 e. The zero-order chi connectivity index (χ0) is 18.2. The summed E-state index contributed by atoms with van der Waals surface area (Å²) in [6, 6.07) is 22.9. The van der Waals surface area contributed by atoms with Crippen LogP contribution in [-0.2, 0) is 16.0 Å². The molecular formula is C21H19N3O2. The molecule has 5 heteroatoms. The second-order valence-corrected chi connectivity index (χ2v) is 5.79. The molecule has 2 amide bonds. The Morgan fingerprint density at radius 1 is 0.769 bits per heavy atom. The average molecular weight is 345 g/mol. The summed E-state index contributed by atoms with van der Waals surface area (Å²) in [6.07, 6.45) is 1.96. The molecule has 3 aromatic rings. The first kappa shape index (κ1) is 17.4. The van der Waals surface area contributed by atoms with E-state index in [0.717, 1.165) is 16.7 Å². The summed E-state index contributed by atoms with van der Waals surface area (Å²) >= 11 is 0. The highest BCUT2D eigenvalue weighted by Crippen LogP contribution is 2.18. The van der Waals surface area contributed by atoms with Gasteiger partial charge in [-0.3, -0.25) is 9.59 Å². The summed E-state index contributed by atoms with van der Waals surface area (Å²) < 4.78 is 0. The zero-order valence-electron chi connectivity index (χ0n) is 14.2. The Hall–Kier alpha value is -3.47. The molecule has 26 heavy (non-hydrogen) atoms. The number of anilines is 1. The number of benzene rings is 2. The van der Waals surface area contributed by atoms with Crippen molar-refractivity contribution in [2.75, 3.05) is 11.9 Å². The minimum absolute atomic E-state index is 0.0895. The lowest BCUT2D eigenvalue weighted by atomic mass is 10.1. The van der Waals surface area contributed by atoms with Crippen molar-refractivity contribution in [2.45, 2.75) is 6.42 Å². The Morgan fingerprint density at radius 2 is 1.46 bits per heavy atom. The Bertz CT molecular complexity index is 863. The summed E-state index contributed by atoms with van der Waals surface area (Å²) in [5.41, 5.74) is 2.94. The summed E-state index contributed by atoms with van der Waals surface area (Å²) in [6.45, 7) is -0.0895. The van der Waals surface area contributed by atoms with Crippen LogP contribution in [0.1, 0.15) is 5.56 Å². The highest BCUT2D eigenvalue weighted by molar-refractivity contribution is 5.94. The standard InChI is InChI=1S/C21H19N3O2/c25-20(13-16-7-3-1-4-8-16)23-15-21(26)24-19-12-11-18(14-22-19)17-9-5-2-6-10-17/h1-12,14H,13,15H2,(H,23,25)(H,22,24,26). The monoisotopic (exact) mass is 345 g/mol. The maximum atomic E-state index is 12.0. The fraction of sp³-hybridized carbons (Fsp3) is 0.0952. The van der Waals surface area contributed by atoms with Crippen LogP contribution in [0.15, 0.2) is 79.0 Å². The Kier molecular flexibility index (Phi) is 5.72. The van der Waals surface area contributed by atoms with Gasteiger partial charge in [-0.05, 0) is 23.3 Å². The van der Waals surface area contributed by atoms with Crippen LogP contribution in [0, 0.1) is 0 Å². The van der Waals surface area contributed by atoms with Crippen molar-refractivity contribution in [1.82, 2.24) is 10.3 Å². The SMILES string of the molecule is O=C(Cc1ccccc1)NCC(=O)Nc1ccc(-c2ccccc2)cn1. The Morgan fingerprint density at radius 3 is 2.12 bits per heavy atom. The fourth-order valence-corrected chi connectivity index (χ4v) is 2.48. The van der Waals surface area contributed by atoms with Crippen LogP contribution in [0.25, 0.3) is 11.1 Å². The molecule has 0 saturated carbocycles. The molecular weight excluding hydrogens is 326 g/mol. The lowest BCUT2D eigenvalue weighted by Gasteiger charge is -2.07. The summed E-state index contributed by atoms with van der Waals surface area (Å²) in [7, 11) is 0. The number of carbonyl (C=O) groups excluding carboxylic acids is 2. The van der Waals surface area contributed by atoms with Crippen LogP contribution in [0.5, 0.6) is 0 Å². The van der Waals surface area contributed by atoms with Crippen LogP contribution in [0.2, 0.25) is 0 Å². The predicted octanol–water partition coefficient (Wildman–Crippen LogP) is 3.05. The summed E-state index contributed by atoms with van der Waals surface area (Å²) in [5.74, 6) is -0.0582. The van der Waals surface area contributed by atoms with Crippen LogP contribution in [-0.4, -0.2) is 23.3 Å². The van der Waals surface area contributed by atoms with Gasteiger partial charge in [-0.15, -0.1) is 0 Å². The van der Waals surface area contributed by atoms with Gasteiger partial charge in [-0.1, -0.05) is 60.7 Å². The second-order valence-electron chi connectivity index (χ2n) is 5.79. The maximum absolute atomic E-state index is 12.0. The number of hydrogen-bond donors (Lipinski definition) is 2. The molecule has 2 N–H and O–H groups in total. The smallest absolute Gasteiger partial charge is 0.244 e. The number of nitrogens with zero attached hydrogens (tertiary/aromatic N) is 1. The van der Waals surface area contributed by atoms with E-state index in [4.69, 9.17) is 0 Å². The van der Waals surface area contributed by atoms with E-state index in [-0.39, 0.29) is 24.8 Å². The molecule has 3 rings (SSSR count). The molecule has 0 aliphatic heterocycles. The Balaban J connectivity index is 1.48. The third-order valence-electron chi connectivity index (χ3n) is 3.79. The first-order chi connectivity index (χ1) is 12.7. The lowest BCUT2D eigenvalue weighted by molar-refractivity contribution is -0.123. The number of amides is 2. The molecule has 1 aromatic heterocycles. The predicted molar refractivity (Wildman–Crippen MR) is 101 cm³/mol. The quantitative estimate of drug-likeness (QED) is 0.721. The van der Waals surface area contributed by atoms with Crippen molar-refractivity contribution in [2.24, 2.45) is 0 Å². The molecule has 130 valence electrons. The number of rotatable bonds is 6.